The lowest BCUT2D eigenvalue weighted by atomic mass is 10.1. The molecule has 0 atom stereocenters. The molecule has 4 heteroatoms. The van der Waals surface area contributed by atoms with E-state index in [0.717, 1.165) is 5.69 Å². The molecular weight excluding hydrogens is 296 g/mol. The number of aromatic nitrogens is 1. The normalized spacial score (nSPS) is 12.6. The Bertz CT molecular complexity index is 813. The SMILES string of the molecule is Nc1ccc(-c2cccc3c2Sc2ccccc2S3)nc1. The van der Waals surface area contributed by atoms with Gasteiger partial charge in [-0.3, -0.25) is 4.98 Å². The molecule has 2 aromatic carbocycles. The Morgan fingerprint density at radius 2 is 1.52 bits per heavy atom. The molecule has 0 spiro atoms. The molecule has 102 valence electrons. The van der Waals surface area contributed by atoms with Crippen molar-refractivity contribution in [1.29, 1.82) is 0 Å². The van der Waals surface area contributed by atoms with Crippen LogP contribution in [0.5, 0.6) is 0 Å². The lowest BCUT2D eigenvalue weighted by molar-refractivity contribution is 1.15. The van der Waals surface area contributed by atoms with Crippen LogP contribution in [0.15, 0.2) is 80.4 Å². The summed E-state index contributed by atoms with van der Waals surface area (Å²) < 4.78 is 0. The zero-order valence-electron chi connectivity index (χ0n) is 11.1. The summed E-state index contributed by atoms with van der Waals surface area (Å²) in [6, 6.07) is 18.8. The van der Waals surface area contributed by atoms with Crippen LogP contribution < -0.4 is 5.73 Å². The monoisotopic (exact) mass is 308 g/mol. The van der Waals surface area contributed by atoms with Crippen LogP contribution in [-0.2, 0) is 0 Å². The first-order chi connectivity index (χ1) is 10.3. The van der Waals surface area contributed by atoms with Crippen LogP contribution in [0.25, 0.3) is 11.3 Å². The number of benzene rings is 2. The highest BCUT2D eigenvalue weighted by atomic mass is 32.2. The van der Waals surface area contributed by atoms with E-state index in [-0.39, 0.29) is 0 Å². The van der Waals surface area contributed by atoms with Crippen molar-refractivity contribution in [3.8, 4) is 11.3 Å². The molecule has 4 rings (SSSR count). The van der Waals surface area contributed by atoms with Crippen molar-refractivity contribution in [3.05, 3.63) is 60.8 Å². The number of nitrogens with zero attached hydrogens (tertiary/aromatic N) is 1. The van der Waals surface area contributed by atoms with Crippen LogP contribution in [-0.4, -0.2) is 4.98 Å². The topological polar surface area (TPSA) is 38.9 Å². The standard InChI is InChI=1S/C17H12N2S2/c18-11-8-9-13(19-10-11)12-4-3-7-16-17(12)21-15-6-2-1-5-14(15)20-16/h1-10H,18H2. The largest absolute Gasteiger partial charge is 0.397 e. The number of hydrogen-bond donors (Lipinski definition) is 1. The highest BCUT2D eigenvalue weighted by molar-refractivity contribution is 8.05. The lowest BCUT2D eigenvalue weighted by Gasteiger charge is -2.20. The number of rotatable bonds is 1. The van der Waals surface area contributed by atoms with Gasteiger partial charge in [0.15, 0.2) is 0 Å². The van der Waals surface area contributed by atoms with Gasteiger partial charge in [0, 0.05) is 25.1 Å². The van der Waals surface area contributed by atoms with Crippen LogP contribution in [0, 0.1) is 0 Å². The average Bonchev–Trinajstić information content (AvgIpc) is 2.53. The molecule has 1 aromatic heterocycles. The number of nitrogens with two attached hydrogens (primary N) is 1. The van der Waals surface area contributed by atoms with E-state index in [1.807, 2.05) is 35.7 Å². The van der Waals surface area contributed by atoms with Gasteiger partial charge in [-0.2, -0.15) is 0 Å². The Hall–Kier alpha value is -1.91. The van der Waals surface area contributed by atoms with Crippen LogP contribution >= 0.6 is 23.5 Å². The Labute approximate surface area is 131 Å². The van der Waals surface area contributed by atoms with Crippen molar-refractivity contribution in [3.63, 3.8) is 0 Å². The molecule has 1 aliphatic heterocycles. The molecule has 0 saturated heterocycles. The second-order valence-corrected chi connectivity index (χ2v) is 6.90. The molecule has 2 heterocycles. The van der Waals surface area contributed by atoms with E-state index >= 15 is 0 Å². The maximum Gasteiger partial charge on any atom is 0.0715 e. The van der Waals surface area contributed by atoms with E-state index in [1.54, 1.807) is 6.20 Å². The Kier molecular flexibility index (Phi) is 3.13. The van der Waals surface area contributed by atoms with Crippen molar-refractivity contribution in [1.82, 2.24) is 4.98 Å². The average molecular weight is 308 g/mol. The summed E-state index contributed by atoms with van der Waals surface area (Å²) in [5.41, 5.74) is 8.56. The quantitative estimate of drug-likeness (QED) is 0.540. The van der Waals surface area contributed by atoms with Crippen molar-refractivity contribution >= 4 is 29.2 Å². The third-order valence-electron chi connectivity index (χ3n) is 3.32. The maximum atomic E-state index is 5.73. The molecule has 3 aromatic rings. The van der Waals surface area contributed by atoms with E-state index in [2.05, 4.69) is 47.4 Å². The third kappa shape index (κ3) is 2.30. The van der Waals surface area contributed by atoms with Crippen LogP contribution in [0.2, 0.25) is 0 Å². The van der Waals surface area contributed by atoms with E-state index < -0.39 is 0 Å². The molecule has 0 bridgehead atoms. The molecular formula is C17H12N2S2. The van der Waals surface area contributed by atoms with Gasteiger partial charge in [0.25, 0.3) is 0 Å². The molecule has 21 heavy (non-hydrogen) atoms. The van der Waals surface area contributed by atoms with Gasteiger partial charge in [-0.05, 0) is 30.3 Å². The molecule has 0 amide bonds. The lowest BCUT2D eigenvalue weighted by Crippen LogP contribution is -1.94. The van der Waals surface area contributed by atoms with Gasteiger partial charge in [0.1, 0.15) is 0 Å². The van der Waals surface area contributed by atoms with Gasteiger partial charge in [-0.15, -0.1) is 0 Å². The van der Waals surface area contributed by atoms with Crippen molar-refractivity contribution in [2.45, 2.75) is 19.6 Å². The Morgan fingerprint density at radius 3 is 2.29 bits per heavy atom. The van der Waals surface area contributed by atoms with E-state index in [0.29, 0.717) is 5.69 Å². The van der Waals surface area contributed by atoms with E-state index in [1.165, 1.54) is 25.1 Å². The minimum atomic E-state index is 0.691. The molecule has 0 fully saturated rings. The molecule has 2 nitrogen and oxygen atoms in total. The number of nitrogen functional groups attached to an aromatic ring is 1. The fraction of sp³-hybridized carbons (Fsp3) is 0. The minimum Gasteiger partial charge on any atom is -0.397 e. The highest BCUT2D eigenvalue weighted by Gasteiger charge is 2.20. The van der Waals surface area contributed by atoms with Gasteiger partial charge >= 0.3 is 0 Å². The zero-order valence-corrected chi connectivity index (χ0v) is 12.7. The molecule has 0 aliphatic carbocycles. The first kappa shape index (κ1) is 12.8. The number of fused-ring (bicyclic) bond motifs is 2. The van der Waals surface area contributed by atoms with Crippen LogP contribution in [0.1, 0.15) is 0 Å². The number of hydrogen-bond acceptors (Lipinski definition) is 4. The van der Waals surface area contributed by atoms with Gasteiger partial charge < -0.3 is 5.73 Å². The summed E-state index contributed by atoms with van der Waals surface area (Å²) in [5, 5.41) is 0. The molecule has 0 unspecified atom stereocenters. The minimum absolute atomic E-state index is 0.691. The first-order valence-corrected chi connectivity index (χ1v) is 8.24. The van der Waals surface area contributed by atoms with Gasteiger partial charge in [0.05, 0.1) is 17.6 Å². The molecule has 0 saturated carbocycles. The number of pyridine rings is 1. The van der Waals surface area contributed by atoms with Crippen molar-refractivity contribution in [2.75, 3.05) is 5.73 Å². The molecule has 2 N–H and O–H groups in total. The number of anilines is 1. The molecule has 0 radical (unpaired) electrons. The highest BCUT2D eigenvalue weighted by Crippen LogP contribution is 2.51. The molecule has 1 aliphatic rings. The maximum absolute atomic E-state index is 5.73. The van der Waals surface area contributed by atoms with E-state index in [9.17, 15) is 0 Å². The Morgan fingerprint density at radius 1 is 0.762 bits per heavy atom. The summed E-state index contributed by atoms with van der Waals surface area (Å²) in [5.74, 6) is 0. The summed E-state index contributed by atoms with van der Waals surface area (Å²) in [6.45, 7) is 0. The van der Waals surface area contributed by atoms with Gasteiger partial charge in [0.2, 0.25) is 0 Å². The van der Waals surface area contributed by atoms with E-state index in [4.69, 9.17) is 5.73 Å². The fourth-order valence-corrected chi connectivity index (χ4v) is 4.70. The van der Waals surface area contributed by atoms with Crippen LogP contribution in [0.3, 0.4) is 0 Å². The predicted octanol–water partition coefficient (Wildman–Crippen LogP) is 4.95. The summed E-state index contributed by atoms with van der Waals surface area (Å²) >= 11 is 3.64. The van der Waals surface area contributed by atoms with Gasteiger partial charge in [-0.25, -0.2) is 0 Å². The van der Waals surface area contributed by atoms with Crippen molar-refractivity contribution < 1.29 is 0 Å². The van der Waals surface area contributed by atoms with Crippen LogP contribution in [0.4, 0.5) is 5.69 Å². The third-order valence-corrected chi connectivity index (χ3v) is 5.94. The predicted molar refractivity (Wildman–Crippen MR) is 88.8 cm³/mol. The summed E-state index contributed by atoms with van der Waals surface area (Å²) in [4.78, 5) is 9.65. The van der Waals surface area contributed by atoms with Gasteiger partial charge in [-0.1, -0.05) is 47.8 Å². The first-order valence-electron chi connectivity index (χ1n) is 6.61. The van der Waals surface area contributed by atoms with Crippen molar-refractivity contribution in [2.24, 2.45) is 0 Å². The zero-order chi connectivity index (χ0) is 14.2. The Balaban J connectivity index is 1.84. The second kappa shape index (κ2) is 5.13. The fourth-order valence-electron chi connectivity index (χ4n) is 2.32. The smallest absolute Gasteiger partial charge is 0.0715 e. The summed E-state index contributed by atoms with van der Waals surface area (Å²) in [7, 11) is 0. The second-order valence-electron chi connectivity index (χ2n) is 4.76. The summed E-state index contributed by atoms with van der Waals surface area (Å²) in [6.07, 6.45) is 1.71.